The summed E-state index contributed by atoms with van der Waals surface area (Å²) in [5.74, 6) is 1.33. The fourth-order valence-corrected chi connectivity index (χ4v) is 2.83. The average Bonchev–Trinajstić information content (AvgIpc) is 2.33. The Morgan fingerprint density at radius 3 is 2.68 bits per heavy atom. The van der Waals surface area contributed by atoms with Crippen LogP contribution in [0.3, 0.4) is 0 Å². The second-order valence-corrected chi connectivity index (χ2v) is 6.73. The van der Waals surface area contributed by atoms with Crippen molar-refractivity contribution < 1.29 is 13.2 Å². The Bertz CT molecular complexity index is 539. The summed E-state index contributed by atoms with van der Waals surface area (Å²) in [5.41, 5.74) is 6.17. The van der Waals surface area contributed by atoms with Crippen molar-refractivity contribution in [1.82, 2.24) is 4.72 Å². The molecule has 1 aromatic rings. The molecule has 0 unspecified atom stereocenters. The van der Waals surface area contributed by atoms with Crippen LogP contribution in [0.25, 0.3) is 0 Å². The molecule has 1 aliphatic carbocycles. The lowest BCUT2D eigenvalue weighted by Crippen LogP contribution is -2.19. The monoisotopic (exact) mass is 284 g/mol. The first-order valence-corrected chi connectivity index (χ1v) is 7.97. The summed E-state index contributed by atoms with van der Waals surface area (Å²) in [6.45, 7) is 0.632. The van der Waals surface area contributed by atoms with Crippen molar-refractivity contribution in [2.45, 2.75) is 30.6 Å². The number of nitrogens with one attached hydrogen (secondary N) is 1. The summed E-state index contributed by atoms with van der Waals surface area (Å²) in [7, 11) is -2.08. The van der Waals surface area contributed by atoms with Gasteiger partial charge in [0.05, 0.1) is 17.2 Å². The number of rotatable bonds is 6. The van der Waals surface area contributed by atoms with Gasteiger partial charge in [0.25, 0.3) is 0 Å². The summed E-state index contributed by atoms with van der Waals surface area (Å²) in [6, 6.07) is 4.53. The SMILES string of the molecule is CNS(=O)(=O)c1ccc(OCCC2CCC2)c(N)c1. The average molecular weight is 284 g/mol. The van der Waals surface area contributed by atoms with Crippen molar-refractivity contribution >= 4 is 15.7 Å². The molecule has 1 fully saturated rings. The number of hydrogen-bond acceptors (Lipinski definition) is 4. The first-order valence-electron chi connectivity index (χ1n) is 6.49. The fourth-order valence-electron chi connectivity index (χ4n) is 2.06. The molecule has 5 nitrogen and oxygen atoms in total. The molecule has 0 radical (unpaired) electrons. The lowest BCUT2D eigenvalue weighted by molar-refractivity contribution is 0.222. The first-order chi connectivity index (χ1) is 9.03. The summed E-state index contributed by atoms with van der Waals surface area (Å²) < 4.78 is 31.1. The van der Waals surface area contributed by atoms with Gasteiger partial charge in [-0.25, -0.2) is 13.1 Å². The van der Waals surface area contributed by atoms with Gasteiger partial charge in [0.2, 0.25) is 10.0 Å². The largest absolute Gasteiger partial charge is 0.491 e. The van der Waals surface area contributed by atoms with Crippen LogP contribution in [0.4, 0.5) is 5.69 Å². The van der Waals surface area contributed by atoms with E-state index in [1.165, 1.54) is 38.4 Å². The summed E-state index contributed by atoms with van der Waals surface area (Å²) in [6.07, 6.45) is 4.94. The molecule has 1 saturated carbocycles. The second kappa shape index (κ2) is 5.79. The van der Waals surface area contributed by atoms with Gasteiger partial charge in [-0.15, -0.1) is 0 Å². The van der Waals surface area contributed by atoms with Crippen LogP contribution >= 0.6 is 0 Å². The van der Waals surface area contributed by atoms with E-state index in [1.807, 2.05) is 0 Å². The molecule has 0 spiro atoms. The molecule has 1 aromatic carbocycles. The quantitative estimate of drug-likeness (QED) is 0.780. The third kappa shape index (κ3) is 3.39. The molecular formula is C13H20N2O3S. The normalized spacial score (nSPS) is 16.1. The van der Waals surface area contributed by atoms with Crippen molar-refractivity contribution in [3.05, 3.63) is 18.2 Å². The van der Waals surface area contributed by atoms with Gasteiger partial charge in [0.15, 0.2) is 0 Å². The maximum atomic E-state index is 11.6. The van der Waals surface area contributed by atoms with Gasteiger partial charge in [-0.2, -0.15) is 0 Å². The molecular weight excluding hydrogens is 264 g/mol. The molecule has 19 heavy (non-hydrogen) atoms. The van der Waals surface area contributed by atoms with Crippen LogP contribution in [0.2, 0.25) is 0 Å². The summed E-state index contributed by atoms with van der Waals surface area (Å²) in [4.78, 5) is 0.152. The number of ether oxygens (including phenoxy) is 1. The van der Waals surface area contributed by atoms with E-state index in [0.717, 1.165) is 12.3 Å². The smallest absolute Gasteiger partial charge is 0.240 e. The molecule has 0 bridgehead atoms. The van der Waals surface area contributed by atoms with E-state index >= 15 is 0 Å². The second-order valence-electron chi connectivity index (χ2n) is 4.84. The minimum Gasteiger partial charge on any atom is -0.491 e. The van der Waals surface area contributed by atoms with E-state index in [2.05, 4.69) is 4.72 Å². The molecule has 0 aliphatic heterocycles. The molecule has 2 rings (SSSR count). The highest BCUT2D eigenvalue weighted by Gasteiger charge is 2.17. The molecule has 0 saturated heterocycles. The van der Waals surface area contributed by atoms with E-state index in [1.54, 1.807) is 6.07 Å². The van der Waals surface area contributed by atoms with Gasteiger partial charge in [-0.3, -0.25) is 0 Å². The predicted octanol–water partition coefficient (Wildman–Crippen LogP) is 1.75. The Morgan fingerprint density at radius 2 is 2.16 bits per heavy atom. The molecule has 3 N–H and O–H groups in total. The number of sulfonamides is 1. The maximum absolute atomic E-state index is 11.6. The zero-order chi connectivity index (χ0) is 13.9. The van der Waals surface area contributed by atoms with Crippen LogP contribution < -0.4 is 15.2 Å². The molecule has 1 aliphatic rings. The van der Waals surface area contributed by atoms with Gasteiger partial charge in [-0.05, 0) is 37.6 Å². The summed E-state index contributed by atoms with van der Waals surface area (Å²) in [5, 5.41) is 0. The topological polar surface area (TPSA) is 81.4 Å². The predicted molar refractivity (Wildman–Crippen MR) is 74.6 cm³/mol. The zero-order valence-corrected chi connectivity index (χ0v) is 11.9. The van der Waals surface area contributed by atoms with Gasteiger partial charge < -0.3 is 10.5 Å². The van der Waals surface area contributed by atoms with Gasteiger partial charge in [0, 0.05) is 0 Å². The number of anilines is 1. The molecule has 0 heterocycles. The Morgan fingerprint density at radius 1 is 1.42 bits per heavy atom. The van der Waals surface area contributed by atoms with Crippen LogP contribution in [0.15, 0.2) is 23.1 Å². The van der Waals surface area contributed by atoms with Crippen LogP contribution in [0.5, 0.6) is 5.75 Å². The minimum atomic E-state index is -3.45. The van der Waals surface area contributed by atoms with Crippen LogP contribution in [-0.2, 0) is 10.0 Å². The molecule has 0 aromatic heterocycles. The van der Waals surface area contributed by atoms with Crippen molar-refractivity contribution in [2.75, 3.05) is 19.4 Å². The standard InChI is InChI=1S/C13H20N2O3S/c1-15-19(16,17)11-5-6-13(12(14)9-11)18-8-7-10-3-2-4-10/h5-6,9-10,15H,2-4,7-8,14H2,1H3. The van der Waals surface area contributed by atoms with Crippen molar-refractivity contribution in [3.8, 4) is 5.75 Å². The minimum absolute atomic E-state index is 0.152. The van der Waals surface area contributed by atoms with Crippen LogP contribution in [0.1, 0.15) is 25.7 Å². The first kappa shape index (κ1) is 14.1. The molecule has 106 valence electrons. The third-order valence-electron chi connectivity index (χ3n) is 3.57. The van der Waals surface area contributed by atoms with Gasteiger partial charge >= 0.3 is 0 Å². The lowest BCUT2D eigenvalue weighted by atomic mass is 9.83. The Hall–Kier alpha value is -1.27. The Kier molecular flexibility index (Phi) is 4.31. The molecule has 0 atom stereocenters. The number of nitrogen functional groups attached to an aromatic ring is 1. The van der Waals surface area contributed by atoms with Crippen molar-refractivity contribution in [2.24, 2.45) is 5.92 Å². The third-order valence-corrected chi connectivity index (χ3v) is 4.98. The van der Waals surface area contributed by atoms with E-state index in [0.29, 0.717) is 18.0 Å². The lowest BCUT2D eigenvalue weighted by Gasteiger charge is -2.25. The number of hydrogen-bond donors (Lipinski definition) is 2. The van der Waals surface area contributed by atoms with E-state index < -0.39 is 10.0 Å². The van der Waals surface area contributed by atoms with E-state index in [4.69, 9.17) is 10.5 Å². The van der Waals surface area contributed by atoms with E-state index in [9.17, 15) is 8.42 Å². The zero-order valence-electron chi connectivity index (χ0n) is 11.1. The van der Waals surface area contributed by atoms with Gasteiger partial charge in [-0.1, -0.05) is 19.3 Å². The number of nitrogens with two attached hydrogens (primary N) is 1. The van der Waals surface area contributed by atoms with Crippen molar-refractivity contribution in [3.63, 3.8) is 0 Å². The highest BCUT2D eigenvalue weighted by atomic mass is 32.2. The molecule has 0 amide bonds. The van der Waals surface area contributed by atoms with Crippen LogP contribution in [-0.4, -0.2) is 22.1 Å². The Labute approximate surface area is 114 Å². The van der Waals surface area contributed by atoms with Crippen LogP contribution in [0, 0.1) is 5.92 Å². The summed E-state index contributed by atoms with van der Waals surface area (Å²) >= 11 is 0. The van der Waals surface area contributed by atoms with Crippen molar-refractivity contribution in [1.29, 1.82) is 0 Å². The highest BCUT2D eigenvalue weighted by molar-refractivity contribution is 7.89. The highest BCUT2D eigenvalue weighted by Crippen LogP contribution is 2.30. The molecule has 6 heteroatoms. The number of benzene rings is 1. The Balaban J connectivity index is 1.98. The van der Waals surface area contributed by atoms with E-state index in [-0.39, 0.29) is 4.90 Å². The fraction of sp³-hybridized carbons (Fsp3) is 0.538. The maximum Gasteiger partial charge on any atom is 0.240 e. The van der Waals surface area contributed by atoms with Gasteiger partial charge in [0.1, 0.15) is 5.75 Å².